The molecule has 134 valence electrons. The van der Waals surface area contributed by atoms with Gasteiger partial charge < -0.3 is 14.6 Å². The highest BCUT2D eigenvalue weighted by Crippen LogP contribution is 2.50. The van der Waals surface area contributed by atoms with E-state index in [1.165, 1.54) is 12.1 Å². The molecule has 1 aliphatic rings. The van der Waals surface area contributed by atoms with E-state index in [9.17, 15) is 23.1 Å². The predicted molar refractivity (Wildman–Crippen MR) is 86.7 cm³/mol. The Hall–Kier alpha value is -1.65. The third-order valence-electron chi connectivity index (χ3n) is 3.56. The maximum Gasteiger partial charge on any atom is 0.425 e. The summed E-state index contributed by atoms with van der Waals surface area (Å²) >= 11 is 3.69. The highest BCUT2D eigenvalue weighted by Gasteiger charge is 2.59. The normalized spacial score (nSPS) is 19.4. The molecular weight excluding hydrogens is 427 g/mol. The third-order valence-corrected chi connectivity index (χ3v) is 5.23. The fourth-order valence-electron chi connectivity index (χ4n) is 2.33. The van der Waals surface area contributed by atoms with E-state index < -0.39 is 29.2 Å². The van der Waals surface area contributed by atoms with E-state index in [2.05, 4.69) is 20.9 Å². The van der Waals surface area contributed by atoms with Crippen molar-refractivity contribution in [2.24, 2.45) is 0 Å². The van der Waals surface area contributed by atoms with Crippen LogP contribution in [-0.2, 0) is 10.3 Å². The lowest BCUT2D eigenvalue weighted by Gasteiger charge is -2.28. The van der Waals surface area contributed by atoms with Crippen molar-refractivity contribution in [2.45, 2.75) is 18.7 Å². The second-order valence-electron chi connectivity index (χ2n) is 5.20. The Labute approximate surface area is 152 Å². The van der Waals surface area contributed by atoms with Gasteiger partial charge in [-0.2, -0.15) is 13.2 Å². The Morgan fingerprint density at radius 2 is 2.24 bits per heavy atom. The van der Waals surface area contributed by atoms with Crippen LogP contribution in [-0.4, -0.2) is 35.4 Å². The van der Waals surface area contributed by atoms with E-state index in [1.807, 2.05) is 0 Å². The second-order valence-corrected chi connectivity index (χ2v) is 7.12. The lowest BCUT2D eigenvalue weighted by Crippen LogP contribution is -2.46. The van der Waals surface area contributed by atoms with Crippen LogP contribution in [0.2, 0.25) is 0 Å². The summed E-state index contributed by atoms with van der Waals surface area (Å²) < 4.78 is 51.3. The maximum absolute atomic E-state index is 13.6. The van der Waals surface area contributed by atoms with Crippen LogP contribution in [0.15, 0.2) is 22.7 Å². The van der Waals surface area contributed by atoms with Crippen LogP contribution in [0, 0.1) is 0 Å². The minimum Gasteiger partial charge on any atom is -0.489 e. The van der Waals surface area contributed by atoms with E-state index in [1.54, 1.807) is 13.0 Å². The van der Waals surface area contributed by atoms with Gasteiger partial charge in [0.1, 0.15) is 12.4 Å². The van der Waals surface area contributed by atoms with Gasteiger partial charge in [-0.05, 0) is 25.1 Å². The number of hydrogen-bond donors (Lipinski definition) is 1. The van der Waals surface area contributed by atoms with Crippen molar-refractivity contribution in [2.75, 3.05) is 13.2 Å². The summed E-state index contributed by atoms with van der Waals surface area (Å²) in [6.45, 7) is 0.587. The fraction of sp³-hybridized carbons (Fsp3) is 0.333. The number of rotatable bonds is 2. The molecular formula is C15H11BrF3NO4S. The zero-order valence-corrected chi connectivity index (χ0v) is 15.1. The first-order valence-electron chi connectivity index (χ1n) is 7.07. The molecule has 0 spiro atoms. The molecule has 1 aliphatic heterocycles. The van der Waals surface area contributed by atoms with Crippen molar-refractivity contribution < 1.29 is 32.5 Å². The van der Waals surface area contributed by atoms with E-state index in [0.29, 0.717) is 15.8 Å². The van der Waals surface area contributed by atoms with Gasteiger partial charge in [-0.1, -0.05) is 15.9 Å². The van der Waals surface area contributed by atoms with Gasteiger partial charge in [0.15, 0.2) is 0 Å². The number of thiazole rings is 1. The van der Waals surface area contributed by atoms with Crippen LogP contribution in [0.3, 0.4) is 0 Å². The molecule has 10 heteroatoms. The molecule has 0 amide bonds. The van der Waals surface area contributed by atoms with Crippen molar-refractivity contribution in [3.05, 3.63) is 32.6 Å². The van der Waals surface area contributed by atoms with E-state index in [-0.39, 0.29) is 28.6 Å². The number of nitrogens with zero attached hydrogens (tertiary/aromatic N) is 1. The quantitative estimate of drug-likeness (QED) is 0.721. The van der Waals surface area contributed by atoms with E-state index >= 15 is 0 Å². The van der Waals surface area contributed by atoms with Crippen LogP contribution in [0.5, 0.6) is 5.75 Å². The predicted octanol–water partition coefficient (Wildman–Crippen LogP) is 3.89. The Balaban J connectivity index is 2.26. The number of fused-ring (bicyclic) bond motifs is 3. The zero-order valence-electron chi connectivity index (χ0n) is 12.7. The van der Waals surface area contributed by atoms with Crippen molar-refractivity contribution in [3.63, 3.8) is 0 Å². The number of hydrogen-bond acceptors (Lipinski definition) is 6. The molecule has 1 unspecified atom stereocenters. The molecule has 2 heterocycles. The summed E-state index contributed by atoms with van der Waals surface area (Å²) in [5.74, 6) is -0.715. The lowest BCUT2D eigenvalue weighted by atomic mass is 9.99. The number of alkyl halides is 3. The van der Waals surface area contributed by atoms with Crippen LogP contribution in [0.4, 0.5) is 13.2 Å². The van der Waals surface area contributed by atoms with E-state index in [4.69, 9.17) is 9.47 Å². The Morgan fingerprint density at radius 1 is 1.52 bits per heavy atom. The molecule has 5 nitrogen and oxygen atoms in total. The average molecular weight is 438 g/mol. The summed E-state index contributed by atoms with van der Waals surface area (Å²) in [6, 6.07) is 4.58. The molecule has 0 radical (unpaired) electrons. The van der Waals surface area contributed by atoms with Crippen molar-refractivity contribution in [1.29, 1.82) is 0 Å². The first-order valence-corrected chi connectivity index (χ1v) is 8.68. The minimum atomic E-state index is -5.01. The molecule has 2 aromatic rings. The number of ether oxygens (including phenoxy) is 2. The number of carbonyl (C=O) groups is 1. The van der Waals surface area contributed by atoms with E-state index in [0.717, 1.165) is 0 Å². The molecule has 1 N–H and O–H groups in total. The first kappa shape index (κ1) is 18.2. The number of aliphatic hydroxyl groups is 1. The smallest absolute Gasteiger partial charge is 0.425 e. The van der Waals surface area contributed by atoms with Gasteiger partial charge in [-0.3, -0.25) is 0 Å². The van der Waals surface area contributed by atoms with Gasteiger partial charge in [0.05, 0.1) is 17.2 Å². The summed E-state index contributed by atoms with van der Waals surface area (Å²) in [4.78, 5) is 15.4. The Morgan fingerprint density at radius 3 is 2.88 bits per heavy atom. The molecule has 1 aromatic heterocycles. The van der Waals surface area contributed by atoms with Gasteiger partial charge in [0.25, 0.3) is 0 Å². The van der Waals surface area contributed by atoms with Gasteiger partial charge in [0.2, 0.25) is 10.6 Å². The summed E-state index contributed by atoms with van der Waals surface area (Å²) in [5, 5.41) is 10.1. The van der Waals surface area contributed by atoms with Crippen molar-refractivity contribution in [3.8, 4) is 17.0 Å². The fourth-order valence-corrected chi connectivity index (χ4v) is 3.76. The van der Waals surface area contributed by atoms with Gasteiger partial charge >= 0.3 is 12.1 Å². The highest BCUT2D eigenvalue weighted by atomic mass is 79.9. The third kappa shape index (κ3) is 3.02. The topological polar surface area (TPSA) is 68.7 Å². The van der Waals surface area contributed by atoms with Gasteiger partial charge in [-0.25, -0.2) is 9.78 Å². The second kappa shape index (κ2) is 6.26. The lowest BCUT2D eigenvalue weighted by molar-refractivity contribution is -0.273. The van der Waals surface area contributed by atoms with Crippen LogP contribution >= 0.6 is 27.3 Å². The Kier molecular flexibility index (Phi) is 4.54. The molecule has 0 saturated carbocycles. The first-order chi connectivity index (χ1) is 11.7. The minimum absolute atomic E-state index is 0.0534. The molecule has 3 rings (SSSR count). The summed E-state index contributed by atoms with van der Waals surface area (Å²) in [7, 11) is 0. The van der Waals surface area contributed by atoms with Crippen molar-refractivity contribution in [1.82, 2.24) is 4.98 Å². The van der Waals surface area contributed by atoms with Crippen LogP contribution in [0.25, 0.3) is 11.3 Å². The molecule has 1 aromatic carbocycles. The molecule has 25 heavy (non-hydrogen) atoms. The van der Waals surface area contributed by atoms with Crippen LogP contribution < -0.4 is 4.74 Å². The van der Waals surface area contributed by atoms with Gasteiger partial charge in [0, 0.05) is 10.0 Å². The van der Waals surface area contributed by atoms with Crippen LogP contribution in [0.1, 0.15) is 21.6 Å². The number of esters is 1. The number of halogens is 4. The summed E-state index contributed by atoms with van der Waals surface area (Å²) in [5.41, 5.74) is -3.19. The van der Waals surface area contributed by atoms with Crippen molar-refractivity contribution >= 4 is 33.2 Å². The SMILES string of the molecule is CCOC(=O)c1nc2c(s1)C(O)(C(F)(F)F)COc1ccc(Br)cc1-2. The zero-order chi connectivity index (χ0) is 18.4. The Bertz CT molecular complexity index is 839. The maximum atomic E-state index is 13.6. The molecule has 0 bridgehead atoms. The molecule has 0 fully saturated rings. The molecule has 0 saturated heterocycles. The number of carbonyl (C=O) groups excluding carboxylic acids is 1. The summed E-state index contributed by atoms with van der Waals surface area (Å²) in [6.07, 6.45) is -5.01. The standard InChI is InChI=1S/C15H11BrF3NO4S/c1-2-23-13(21)12-20-10-8-5-7(16)3-4-9(8)24-6-14(22,11(10)25-12)15(17,18)19/h3-5,22H,2,6H2,1H3. The highest BCUT2D eigenvalue weighted by molar-refractivity contribution is 9.10. The molecule has 1 atom stereocenters. The van der Waals surface area contributed by atoms with Gasteiger partial charge in [-0.15, -0.1) is 11.3 Å². The largest absolute Gasteiger partial charge is 0.489 e. The molecule has 0 aliphatic carbocycles. The number of aromatic nitrogens is 1. The number of benzene rings is 1. The average Bonchev–Trinajstić information content (AvgIpc) is 2.94. The monoisotopic (exact) mass is 437 g/mol.